The van der Waals surface area contributed by atoms with E-state index in [1.807, 2.05) is 50.1 Å². The molecule has 1 fully saturated rings. The van der Waals surface area contributed by atoms with Crippen LogP contribution in [0.5, 0.6) is 5.88 Å². The van der Waals surface area contributed by atoms with E-state index >= 15 is 0 Å². The highest BCUT2D eigenvalue weighted by atomic mass is 16.5. The van der Waals surface area contributed by atoms with Gasteiger partial charge in [0.1, 0.15) is 6.10 Å². The van der Waals surface area contributed by atoms with E-state index in [1.54, 1.807) is 6.20 Å². The standard InChI is InChI=1S/C15H24N4O2/c1-18(2)15(19(3)4)17-10-12-5-7-16-14(9-12)21-13-6-8-20-11-13/h5,7,9,13H,6,8,10-11H2,1-4H3/t13-/m0/s1. The molecule has 0 spiro atoms. The first-order chi connectivity index (χ1) is 10.1. The third-order valence-corrected chi connectivity index (χ3v) is 3.18. The predicted octanol–water partition coefficient (Wildman–Crippen LogP) is 1.23. The molecule has 6 nitrogen and oxygen atoms in total. The SMILES string of the molecule is CN(C)C(=NCc1ccnc(O[C@H]2CCOC2)c1)N(C)C. The lowest BCUT2D eigenvalue weighted by Gasteiger charge is -2.22. The average Bonchev–Trinajstić information content (AvgIpc) is 2.91. The van der Waals surface area contributed by atoms with Crippen LogP contribution in [0.3, 0.4) is 0 Å². The lowest BCUT2D eigenvalue weighted by Crippen LogP contribution is -2.35. The summed E-state index contributed by atoms with van der Waals surface area (Å²) in [5, 5.41) is 0. The van der Waals surface area contributed by atoms with Gasteiger partial charge in [-0.3, -0.25) is 0 Å². The summed E-state index contributed by atoms with van der Waals surface area (Å²) in [5.74, 6) is 1.58. The quantitative estimate of drug-likeness (QED) is 0.617. The molecule has 6 heteroatoms. The fraction of sp³-hybridized carbons (Fsp3) is 0.600. The Morgan fingerprint density at radius 1 is 1.38 bits per heavy atom. The van der Waals surface area contributed by atoms with Gasteiger partial charge in [-0.2, -0.15) is 0 Å². The molecular weight excluding hydrogens is 268 g/mol. The van der Waals surface area contributed by atoms with Crippen molar-refractivity contribution in [3.63, 3.8) is 0 Å². The van der Waals surface area contributed by atoms with Gasteiger partial charge >= 0.3 is 0 Å². The number of rotatable bonds is 4. The average molecular weight is 292 g/mol. The van der Waals surface area contributed by atoms with E-state index in [-0.39, 0.29) is 6.10 Å². The molecule has 1 atom stereocenters. The number of pyridine rings is 1. The number of guanidine groups is 1. The van der Waals surface area contributed by atoms with Gasteiger partial charge in [0.15, 0.2) is 5.96 Å². The second kappa shape index (κ2) is 7.26. The molecule has 0 radical (unpaired) electrons. The maximum absolute atomic E-state index is 5.81. The van der Waals surface area contributed by atoms with Crippen LogP contribution in [0.2, 0.25) is 0 Å². The van der Waals surface area contributed by atoms with Gasteiger partial charge in [-0.05, 0) is 11.6 Å². The number of nitrogens with zero attached hydrogens (tertiary/aromatic N) is 4. The van der Waals surface area contributed by atoms with Crippen LogP contribution in [0, 0.1) is 0 Å². The molecule has 0 bridgehead atoms. The summed E-state index contributed by atoms with van der Waals surface area (Å²) in [6.45, 7) is 2.02. The van der Waals surface area contributed by atoms with Gasteiger partial charge in [0, 0.05) is 46.9 Å². The second-order valence-corrected chi connectivity index (χ2v) is 5.51. The molecule has 0 aliphatic carbocycles. The van der Waals surface area contributed by atoms with E-state index < -0.39 is 0 Å². The van der Waals surface area contributed by atoms with Crippen LogP contribution < -0.4 is 4.74 Å². The summed E-state index contributed by atoms with van der Waals surface area (Å²) in [6.07, 6.45) is 2.81. The topological polar surface area (TPSA) is 50.2 Å². The third kappa shape index (κ3) is 4.60. The summed E-state index contributed by atoms with van der Waals surface area (Å²) < 4.78 is 11.1. The highest BCUT2D eigenvalue weighted by Crippen LogP contribution is 2.16. The number of hydrogen-bond donors (Lipinski definition) is 0. The van der Waals surface area contributed by atoms with E-state index in [1.165, 1.54) is 0 Å². The van der Waals surface area contributed by atoms with Crippen LogP contribution >= 0.6 is 0 Å². The molecule has 1 aromatic rings. The van der Waals surface area contributed by atoms with Gasteiger partial charge in [-0.25, -0.2) is 9.98 Å². The zero-order valence-electron chi connectivity index (χ0n) is 13.2. The largest absolute Gasteiger partial charge is 0.472 e. The van der Waals surface area contributed by atoms with E-state index in [0.717, 1.165) is 24.6 Å². The van der Waals surface area contributed by atoms with Crippen LogP contribution in [-0.2, 0) is 11.3 Å². The maximum Gasteiger partial charge on any atom is 0.213 e. The summed E-state index contributed by atoms with van der Waals surface area (Å²) in [6, 6.07) is 3.91. The molecule has 0 saturated carbocycles. The summed E-state index contributed by atoms with van der Waals surface area (Å²) >= 11 is 0. The summed E-state index contributed by atoms with van der Waals surface area (Å²) in [4.78, 5) is 12.9. The number of hydrogen-bond acceptors (Lipinski definition) is 4. The normalized spacial score (nSPS) is 17.4. The molecule has 1 saturated heterocycles. The van der Waals surface area contributed by atoms with Crippen molar-refractivity contribution in [2.24, 2.45) is 4.99 Å². The van der Waals surface area contributed by atoms with Crippen LogP contribution in [0.25, 0.3) is 0 Å². The van der Waals surface area contributed by atoms with Crippen LogP contribution in [0.1, 0.15) is 12.0 Å². The van der Waals surface area contributed by atoms with Crippen molar-refractivity contribution >= 4 is 5.96 Å². The van der Waals surface area contributed by atoms with Gasteiger partial charge in [0.25, 0.3) is 0 Å². The molecule has 1 aliphatic rings. The number of aliphatic imine (C=N–C) groups is 1. The first-order valence-corrected chi connectivity index (χ1v) is 7.14. The number of ether oxygens (including phenoxy) is 2. The van der Waals surface area contributed by atoms with Gasteiger partial charge < -0.3 is 19.3 Å². The monoisotopic (exact) mass is 292 g/mol. The van der Waals surface area contributed by atoms with Crippen molar-refractivity contribution < 1.29 is 9.47 Å². The maximum atomic E-state index is 5.81. The minimum atomic E-state index is 0.121. The van der Waals surface area contributed by atoms with Gasteiger partial charge in [0.05, 0.1) is 19.8 Å². The molecular formula is C15H24N4O2. The molecule has 0 amide bonds. The lowest BCUT2D eigenvalue weighted by atomic mass is 10.2. The summed E-state index contributed by atoms with van der Waals surface area (Å²) in [5.41, 5.74) is 1.08. The molecule has 2 rings (SSSR count). The highest BCUT2D eigenvalue weighted by molar-refractivity contribution is 5.79. The lowest BCUT2D eigenvalue weighted by molar-refractivity contribution is 0.138. The van der Waals surface area contributed by atoms with Crippen molar-refractivity contribution in [2.75, 3.05) is 41.4 Å². The Kier molecular flexibility index (Phi) is 5.38. The van der Waals surface area contributed by atoms with Gasteiger partial charge in [-0.15, -0.1) is 0 Å². The Morgan fingerprint density at radius 3 is 2.76 bits per heavy atom. The van der Waals surface area contributed by atoms with Crippen LogP contribution in [-0.4, -0.2) is 68.3 Å². The van der Waals surface area contributed by atoms with Crippen LogP contribution in [0.15, 0.2) is 23.3 Å². The zero-order chi connectivity index (χ0) is 15.2. The molecule has 0 aromatic carbocycles. The van der Waals surface area contributed by atoms with E-state index in [2.05, 4.69) is 9.98 Å². The molecule has 1 aliphatic heterocycles. The first kappa shape index (κ1) is 15.6. The van der Waals surface area contributed by atoms with Crippen molar-refractivity contribution in [3.05, 3.63) is 23.9 Å². The Morgan fingerprint density at radius 2 is 2.14 bits per heavy atom. The van der Waals surface area contributed by atoms with Crippen molar-refractivity contribution in [1.82, 2.24) is 14.8 Å². The van der Waals surface area contributed by atoms with E-state index in [4.69, 9.17) is 9.47 Å². The second-order valence-electron chi connectivity index (χ2n) is 5.51. The fourth-order valence-electron chi connectivity index (χ4n) is 2.23. The highest BCUT2D eigenvalue weighted by Gasteiger charge is 2.17. The van der Waals surface area contributed by atoms with Crippen molar-refractivity contribution in [1.29, 1.82) is 0 Å². The third-order valence-electron chi connectivity index (χ3n) is 3.18. The minimum absolute atomic E-state index is 0.121. The Bertz CT molecular complexity index is 472. The van der Waals surface area contributed by atoms with Crippen molar-refractivity contribution in [3.8, 4) is 5.88 Å². The first-order valence-electron chi connectivity index (χ1n) is 7.14. The van der Waals surface area contributed by atoms with Crippen LogP contribution in [0.4, 0.5) is 0 Å². The Balaban J connectivity index is 2.01. The Labute approximate surface area is 126 Å². The van der Waals surface area contributed by atoms with Gasteiger partial charge in [-0.1, -0.05) is 0 Å². The van der Waals surface area contributed by atoms with E-state index in [9.17, 15) is 0 Å². The number of aromatic nitrogens is 1. The molecule has 0 N–H and O–H groups in total. The molecule has 0 unspecified atom stereocenters. The van der Waals surface area contributed by atoms with Gasteiger partial charge in [0.2, 0.25) is 5.88 Å². The molecule has 116 valence electrons. The molecule has 21 heavy (non-hydrogen) atoms. The Hall–Kier alpha value is -1.82. The zero-order valence-corrected chi connectivity index (χ0v) is 13.2. The van der Waals surface area contributed by atoms with Crippen molar-refractivity contribution in [2.45, 2.75) is 19.1 Å². The van der Waals surface area contributed by atoms with E-state index in [0.29, 0.717) is 19.0 Å². The molecule has 2 heterocycles. The predicted molar refractivity (Wildman–Crippen MR) is 82.6 cm³/mol. The fourth-order valence-corrected chi connectivity index (χ4v) is 2.23. The minimum Gasteiger partial charge on any atom is -0.472 e. The summed E-state index contributed by atoms with van der Waals surface area (Å²) in [7, 11) is 7.94. The smallest absolute Gasteiger partial charge is 0.213 e. The molecule has 1 aromatic heterocycles.